The zero-order chi connectivity index (χ0) is 19.6. The number of carboxylic acids is 1. The van der Waals surface area contributed by atoms with E-state index in [1.54, 1.807) is 20.0 Å². The van der Waals surface area contributed by atoms with E-state index in [9.17, 15) is 19.8 Å². The molecule has 144 valence electrons. The SMILES string of the molecule is Cc1c[nH]c(CN2CC[C@](Cc3ccccc3)(C(=O)O)[C@@H](O)C2)c(C)c1=O. The Kier molecular flexibility index (Phi) is 5.48. The van der Waals surface area contributed by atoms with Gasteiger partial charge in [-0.25, -0.2) is 0 Å². The number of carbonyl (C=O) groups is 1. The van der Waals surface area contributed by atoms with Gasteiger partial charge in [0.2, 0.25) is 0 Å². The average molecular weight is 370 g/mol. The van der Waals surface area contributed by atoms with Gasteiger partial charge >= 0.3 is 5.97 Å². The molecule has 6 nitrogen and oxygen atoms in total. The maximum Gasteiger partial charge on any atom is 0.312 e. The van der Waals surface area contributed by atoms with E-state index in [2.05, 4.69) is 4.98 Å². The Hall–Kier alpha value is -2.44. The highest BCUT2D eigenvalue weighted by atomic mass is 16.4. The Morgan fingerprint density at radius 1 is 1.30 bits per heavy atom. The topological polar surface area (TPSA) is 93.6 Å². The molecule has 2 aromatic rings. The molecular formula is C21H26N2O4. The van der Waals surface area contributed by atoms with Gasteiger partial charge in [0.1, 0.15) is 5.41 Å². The Bertz CT molecular complexity index is 877. The molecule has 27 heavy (non-hydrogen) atoms. The van der Waals surface area contributed by atoms with Crippen LogP contribution in [0.4, 0.5) is 0 Å². The number of piperidine rings is 1. The highest BCUT2D eigenvalue weighted by Crippen LogP contribution is 2.36. The predicted molar refractivity (Wildman–Crippen MR) is 103 cm³/mol. The normalized spacial score (nSPS) is 23.3. The number of aliphatic carboxylic acids is 1. The van der Waals surface area contributed by atoms with Crippen molar-refractivity contribution >= 4 is 5.97 Å². The van der Waals surface area contributed by atoms with E-state index in [-0.39, 0.29) is 12.0 Å². The zero-order valence-corrected chi connectivity index (χ0v) is 15.7. The van der Waals surface area contributed by atoms with Gasteiger partial charge < -0.3 is 15.2 Å². The van der Waals surface area contributed by atoms with Crippen LogP contribution in [0.15, 0.2) is 41.3 Å². The first-order chi connectivity index (χ1) is 12.8. The fraction of sp³-hybridized carbons (Fsp3) is 0.429. The van der Waals surface area contributed by atoms with Crippen LogP contribution in [-0.4, -0.2) is 45.3 Å². The molecule has 0 saturated carbocycles. The van der Waals surface area contributed by atoms with Crippen molar-refractivity contribution in [2.75, 3.05) is 13.1 Å². The molecule has 1 saturated heterocycles. The lowest BCUT2D eigenvalue weighted by molar-refractivity contribution is -0.163. The van der Waals surface area contributed by atoms with Gasteiger partial charge in [-0.3, -0.25) is 14.5 Å². The summed E-state index contributed by atoms with van der Waals surface area (Å²) in [5.41, 5.74) is 1.89. The molecule has 0 unspecified atom stereocenters. The Morgan fingerprint density at radius 2 is 2.00 bits per heavy atom. The fourth-order valence-electron chi connectivity index (χ4n) is 3.86. The molecule has 0 amide bonds. The van der Waals surface area contributed by atoms with Crippen LogP contribution in [0.5, 0.6) is 0 Å². The highest BCUT2D eigenvalue weighted by Gasteiger charge is 2.48. The van der Waals surface area contributed by atoms with Gasteiger partial charge in [-0.05, 0) is 38.8 Å². The van der Waals surface area contributed by atoms with E-state index >= 15 is 0 Å². The summed E-state index contributed by atoms with van der Waals surface area (Å²) in [6.07, 6.45) is 1.37. The molecular weight excluding hydrogens is 344 g/mol. The minimum Gasteiger partial charge on any atom is -0.481 e. The molecule has 2 heterocycles. The molecule has 0 spiro atoms. The van der Waals surface area contributed by atoms with Crippen LogP contribution in [0.3, 0.4) is 0 Å². The highest BCUT2D eigenvalue weighted by molar-refractivity contribution is 5.76. The number of aliphatic hydroxyl groups is 1. The standard InChI is InChI=1S/C21H26N2O4/c1-14-11-22-17(15(2)19(14)25)12-23-9-8-21(20(26)27,18(24)13-23)10-16-6-4-3-5-7-16/h3-7,11,18,24H,8-10,12-13H2,1-2H3,(H,22,25)(H,26,27)/t18-,21+/m0/s1. The van der Waals surface area contributed by atoms with Crippen LogP contribution in [0.2, 0.25) is 0 Å². The van der Waals surface area contributed by atoms with Crippen LogP contribution in [-0.2, 0) is 17.8 Å². The van der Waals surface area contributed by atoms with Crippen molar-refractivity contribution < 1.29 is 15.0 Å². The third kappa shape index (κ3) is 3.82. The van der Waals surface area contributed by atoms with E-state index in [4.69, 9.17) is 0 Å². The monoisotopic (exact) mass is 370 g/mol. The maximum absolute atomic E-state index is 12.1. The lowest BCUT2D eigenvalue weighted by Crippen LogP contribution is -2.55. The van der Waals surface area contributed by atoms with Crippen molar-refractivity contribution in [3.8, 4) is 0 Å². The fourth-order valence-corrected chi connectivity index (χ4v) is 3.86. The predicted octanol–water partition coefficient (Wildman–Crippen LogP) is 1.87. The van der Waals surface area contributed by atoms with Gasteiger partial charge in [0, 0.05) is 36.1 Å². The molecule has 2 atom stereocenters. The first-order valence-electron chi connectivity index (χ1n) is 9.19. The minimum absolute atomic E-state index is 0.0188. The number of aliphatic hydroxyl groups excluding tert-OH is 1. The second-order valence-corrected chi connectivity index (χ2v) is 7.53. The van der Waals surface area contributed by atoms with Crippen LogP contribution in [0.25, 0.3) is 0 Å². The summed E-state index contributed by atoms with van der Waals surface area (Å²) >= 11 is 0. The molecule has 0 radical (unpaired) electrons. The second-order valence-electron chi connectivity index (χ2n) is 7.53. The summed E-state index contributed by atoms with van der Waals surface area (Å²) in [7, 11) is 0. The van der Waals surface area contributed by atoms with Crippen LogP contribution in [0, 0.1) is 19.3 Å². The summed E-state index contributed by atoms with van der Waals surface area (Å²) in [5.74, 6) is -0.960. The number of hydrogen-bond acceptors (Lipinski definition) is 4. The third-order valence-corrected chi connectivity index (χ3v) is 5.73. The summed E-state index contributed by atoms with van der Waals surface area (Å²) in [4.78, 5) is 29.3. The van der Waals surface area contributed by atoms with Crippen LogP contribution >= 0.6 is 0 Å². The Labute approximate surface area is 158 Å². The van der Waals surface area contributed by atoms with Crippen molar-refractivity contribution in [3.63, 3.8) is 0 Å². The third-order valence-electron chi connectivity index (χ3n) is 5.73. The van der Waals surface area contributed by atoms with Gasteiger partial charge in [0.15, 0.2) is 5.43 Å². The smallest absolute Gasteiger partial charge is 0.312 e. The number of aryl methyl sites for hydroxylation is 1. The number of rotatable bonds is 5. The second kappa shape index (κ2) is 7.66. The first kappa shape index (κ1) is 19.3. The van der Waals surface area contributed by atoms with Gasteiger partial charge in [-0.15, -0.1) is 0 Å². The number of aromatic amines is 1. The molecule has 1 fully saturated rings. The molecule has 0 aliphatic carbocycles. The molecule has 3 N–H and O–H groups in total. The molecule has 6 heteroatoms. The largest absolute Gasteiger partial charge is 0.481 e. The number of nitrogens with one attached hydrogen (secondary N) is 1. The summed E-state index contributed by atoms with van der Waals surface area (Å²) in [6.45, 7) is 4.85. The molecule has 1 aromatic heterocycles. The first-order valence-corrected chi connectivity index (χ1v) is 9.19. The maximum atomic E-state index is 12.1. The van der Waals surface area contributed by atoms with E-state index in [1.807, 2.05) is 35.2 Å². The number of aromatic nitrogens is 1. The quantitative estimate of drug-likeness (QED) is 0.747. The van der Waals surface area contributed by atoms with Crippen molar-refractivity contribution in [2.45, 2.75) is 39.3 Å². The van der Waals surface area contributed by atoms with E-state index in [1.165, 1.54) is 0 Å². The number of hydrogen-bond donors (Lipinski definition) is 3. The Morgan fingerprint density at radius 3 is 2.63 bits per heavy atom. The minimum atomic E-state index is -1.19. The number of benzene rings is 1. The zero-order valence-electron chi connectivity index (χ0n) is 15.7. The molecule has 1 aliphatic heterocycles. The number of carboxylic acid groups (broad SMARTS) is 1. The summed E-state index contributed by atoms with van der Waals surface area (Å²) in [5, 5.41) is 20.7. The number of pyridine rings is 1. The lowest BCUT2D eigenvalue weighted by atomic mass is 9.71. The number of likely N-dealkylation sites (tertiary alicyclic amines) is 1. The number of β-amino-alcohol motifs (C(OH)–C–C–N with tert-alkyl or cyclic N) is 1. The van der Waals surface area contributed by atoms with Crippen molar-refractivity contribution in [1.82, 2.24) is 9.88 Å². The van der Waals surface area contributed by atoms with Gasteiger partial charge in [0.25, 0.3) is 0 Å². The van der Waals surface area contributed by atoms with Crippen molar-refractivity contribution in [1.29, 1.82) is 0 Å². The lowest BCUT2D eigenvalue weighted by Gasteiger charge is -2.43. The summed E-state index contributed by atoms with van der Waals surface area (Å²) < 4.78 is 0. The van der Waals surface area contributed by atoms with Crippen molar-refractivity contribution in [3.05, 3.63) is 69.1 Å². The van der Waals surface area contributed by atoms with Gasteiger partial charge in [0.05, 0.1) is 6.10 Å². The van der Waals surface area contributed by atoms with Crippen LogP contribution in [0.1, 0.15) is 28.8 Å². The van der Waals surface area contributed by atoms with Gasteiger partial charge in [-0.1, -0.05) is 30.3 Å². The van der Waals surface area contributed by atoms with Crippen LogP contribution < -0.4 is 5.43 Å². The van der Waals surface area contributed by atoms with Crippen molar-refractivity contribution in [2.24, 2.45) is 5.41 Å². The molecule has 1 aromatic carbocycles. The number of H-pyrrole nitrogens is 1. The molecule has 1 aliphatic rings. The van der Waals surface area contributed by atoms with E-state index < -0.39 is 17.5 Å². The molecule has 3 rings (SSSR count). The summed E-state index contributed by atoms with van der Waals surface area (Å²) in [6, 6.07) is 9.43. The molecule has 0 bridgehead atoms. The Balaban J connectivity index is 1.76. The van der Waals surface area contributed by atoms with E-state index in [0.29, 0.717) is 37.1 Å². The van der Waals surface area contributed by atoms with Gasteiger partial charge in [-0.2, -0.15) is 0 Å². The average Bonchev–Trinajstić information content (AvgIpc) is 2.65. The van der Waals surface area contributed by atoms with E-state index in [0.717, 1.165) is 11.3 Å². The number of nitrogens with zero attached hydrogens (tertiary/aromatic N) is 1.